The van der Waals surface area contributed by atoms with E-state index in [4.69, 9.17) is 0 Å². The second kappa shape index (κ2) is 9.96. The van der Waals surface area contributed by atoms with Crippen molar-refractivity contribution in [1.29, 1.82) is 0 Å². The van der Waals surface area contributed by atoms with Gasteiger partial charge in [-0.2, -0.15) is 0 Å². The topological polar surface area (TPSA) is 35.6 Å². The number of benzene rings is 1. The van der Waals surface area contributed by atoms with Gasteiger partial charge in [0.1, 0.15) is 0 Å². The van der Waals surface area contributed by atoms with Gasteiger partial charge in [-0.1, -0.05) is 17.7 Å². The Morgan fingerprint density at radius 3 is 2.57 bits per heavy atom. The smallest absolute Gasteiger partial charge is 0.220 e. The highest BCUT2D eigenvalue weighted by Gasteiger charge is 2.12. The van der Waals surface area contributed by atoms with Crippen molar-refractivity contribution in [3.8, 4) is 0 Å². The maximum atomic E-state index is 11.8. The van der Waals surface area contributed by atoms with Gasteiger partial charge in [0.15, 0.2) is 0 Å². The number of likely N-dealkylation sites (N-methyl/N-ethyl adjacent to an activating group) is 1. The quantitative estimate of drug-likeness (QED) is 0.584. The van der Waals surface area contributed by atoms with E-state index in [1.807, 2.05) is 0 Å². The Morgan fingerprint density at radius 2 is 1.87 bits per heavy atom. The number of nitrogens with one attached hydrogen (secondary N) is 1. The number of nitrogens with zero attached hydrogens (tertiary/aromatic N) is 2. The number of rotatable bonds is 8. The van der Waals surface area contributed by atoms with E-state index in [2.05, 4.69) is 53.4 Å². The lowest BCUT2D eigenvalue weighted by Gasteiger charge is -2.32. The van der Waals surface area contributed by atoms with Crippen LogP contribution in [-0.2, 0) is 4.79 Å². The Balaban J connectivity index is 1.49. The lowest BCUT2D eigenvalue weighted by molar-refractivity contribution is -0.120. The second-order valence-corrected chi connectivity index (χ2v) is 7.43. The number of carbonyl (C=O) groups is 1. The van der Waals surface area contributed by atoms with Crippen LogP contribution in [0, 0.1) is 6.92 Å². The highest BCUT2D eigenvalue weighted by atomic mass is 32.2. The monoisotopic (exact) mass is 335 g/mol. The van der Waals surface area contributed by atoms with Gasteiger partial charge in [-0.3, -0.25) is 4.79 Å². The highest BCUT2D eigenvalue weighted by molar-refractivity contribution is 7.99. The standard InChI is InChI=1S/C18H29N3OS/c1-16-4-6-17(7-5-16)23-15-8-18(22)19-9-3-10-21-13-11-20(2)12-14-21/h4-7H,3,8-15H2,1-2H3,(H,19,22). The van der Waals surface area contributed by atoms with Gasteiger partial charge in [-0.15, -0.1) is 11.8 Å². The zero-order chi connectivity index (χ0) is 16.5. The number of piperazine rings is 1. The molecular formula is C18H29N3OS. The third-order valence-electron chi connectivity index (χ3n) is 4.19. The molecule has 0 saturated carbocycles. The van der Waals surface area contributed by atoms with Crippen molar-refractivity contribution in [3.63, 3.8) is 0 Å². The van der Waals surface area contributed by atoms with Gasteiger partial charge in [0.05, 0.1) is 0 Å². The fraction of sp³-hybridized carbons (Fsp3) is 0.611. The fourth-order valence-corrected chi connectivity index (χ4v) is 3.44. The van der Waals surface area contributed by atoms with Crippen molar-refractivity contribution in [3.05, 3.63) is 29.8 Å². The first-order chi connectivity index (χ1) is 11.1. The molecule has 0 atom stereocenters. The maximum absolute atomic E-state index is 11.8. The van der Waals surface area contributed by atoms with Crippen LogP contribution in [0.25, 0.3) is 0 Å². The van der Waals surface area contributed by atoms with E-state index in [-0.39, 0.29) is 5.91 Å². The molecule has 0 radical (unpaired) electrons. The van der Waals surface area contributed by atoms with Crippen molar-refractivity contribution < 1.29 is 4.79 Å². The van der Waals surface area contributed by atoms with E-state index in [1.54, 1.807) is 11.8 Å². The molecular weight excluding hydrogens is 306 g/mol. The first-order valence-electron chi connectivity index (χ1n) is 8.50. The molecule has 1 amide bonds. The lowest BCUT2D eigenvalue weighted by atomic mass is 10.2. The van der Waals surface area contributed by atoms with E-state index >= 15 is 0 Å². The third-order valence-corrected chi connectivity index (χ3v) is 5.20. The minimum atomic E-state index is 0.169. The molecule has 128 valence electrons. The molecule has 1 N–H and O–H groups in total. The van der Waals surface area contributed by atoms with Gasteiger partial charge < -0.3 is 15.1 Å². The van der Waals surface area contributed by atoms with Crippen LogP contribution in [0.4, 0.5) is 0 Å². The molecule has 2 rings (SSSR count). The summed E-state index contributed by atoms with van der Waals surface area (Å²) in [7, 11) is 2.17. The Morgan fingerprint density at radius 1 is 1.17 bits per heavy atom. The highest BCUT2D eigenvalue weighted by Crippen LogP contribution is 2.18. The van der Waals surface area contributed by atoms with Gasteiger partial charge >= 0.3 is 0 Å². The van der Waals surface area contributed by atoms with Gasteiger partial charge in [0.2, 0.25) is 5.91 Å². The second-order valence-electron chi connectivity index (χ2n) is 6.26. The molecule has 4 nitrogen and oxygen atoms in total. The predicted octanol–water partition coefficient (Wildman–Crippen LogP) is 2.23. The summed E-state index contributed by atoms with van der Waals surface area (Å²) in [4.78, 5) is 17.9. The molecule has 0 bridgehead atoms. The molecule has 1 aromatic rings. The summed E-state index contributed by atoms with van der Waals surface area (Å²) in [6, 6.07) is 8.46. The van der Waals surface area contributed by atoms with Crippen molar-refractivity contribution in [2.75, 3.05) is 52.1 Å². The van der Waals surface area contributed by atoms with E-state index in [1.165, 1.54) is 10.5 Å². The number of carbonyl (C=O) groups excluding carboxylic acids is 1. The number of hydrogen-bond acceptors (Lipinski definition) is 4. The average molecular weight is 336 g/mol. The molecule has 1 saturated heterocycles. The Bertz CT molecular complexity index is 470. The molecule has 1 aliphatic rings. The normalized spacial score (nSPS) is 16.4. The number of thioether (sulfide) groups is 1. The van der Waals surface area contributed by atoms with Crippen LogP contribution in [0.1, 0.15) is 18.4 Å². The Labute approximate surface area is 144 Å². The predicted molar refractivity (Wildman–Crippen MR) is 98.1 cm³/mol. The molecule has 1 aromatic carbocycles. The minimum Gasteiger partial charge on any atom is -0.356 e. The van der Waals surface area contributed by atoms with Crippen molar-refractivity contribution in [1.82, 2.24) is 15.1 Å². The van der Waals surface area contributed by atoms with E-state index in [0.29, 0.717) is 6.42 Å². The molecule has 0 aliphatic carbocycles. The maximum Gasteiger partial charge on any atom is 0.220 e. The average Bonchev–Trinajstić information content (AvgIpc) is 2.55. The first kappa shape index (κ1) is 18.3. The van der Waals surface area contributed by atoms with Crippen molar-refractivity contribution >= 4 is 17.7 Å². The minimum absolute atomic E-state index is 0.169. The fourth-order valence-electron chi connectivity index (χ4n) is 2.59. The lowest BCUT2D eigenvalue weighted by Crippen LogP contribution is -2.45. The van der Waals surface area contributed by atoms with Crippen LogP contribution >= 0.6 is 11.8 Å². The molecule has 0 aromatic heterocycles. The largest absolute Gasteiger partial charge is 0.356 e. The number of hydrogen-bond donors (Lipinski definition) is 1. The summed E-state index contributed by atoms with van der Waals surface area (Å²) in [5.41, 5.74) is 1.27. The van der Waals surface area contributed by atoms with Gasteiger partial charge in [-0.05, 0) is 39.1 Å². The van der Waals surface area contributed by atoms with Crippen molar-refractivity contribution in [2.24, 2.45) is 0 Å². The van der Waals surface area contributed by atoms with Crippen LogP contribution in [0.15, 0.2) is 29.2 Å². The van der Waals surface area contributed by atoms with Crippen molar-refractivity contribution in [2.45, 2.75) is 24.7 Å². The number of amides is 1. The summed E-state index contributed by atoms with van der Waals surface area (Å²) in [6.45, 7) is 8.58. The molecule has 0 unspecified atom stereocenters. The number of aryl methyl sites for hydroxylation is 1. The van der Waals surface area contributed by atoms with Gasteiger partial charge in [0, 0.05) is 49.8 Å². The molecule has 1 heterocycles. The first-order valence-corrected chi connectivity index (χ1v) is 9.49. The van der Waals surface area contributed by atoms with Crippen LogP contribution in [0.2, 0.25) is 0 Å². The van der Waals surface area contributed by atoms with Crippen LogP contribution in [-0.4, -0.2) is 67.8 Å². The van der Waals surface area contributed by atoms with E-state index in [9.17, 15) is 4.79 Å². The van der Waals surface area contributed by atoms with E-state index in [0.717, 1.165) is 51.4 Å². The Kier molecular flexibility index (Phi) is 7.92. The van der Waals surface area contributed by atoms with Crippen LogP contribution in [0.5, 0.6) is 0 Å². The zero-order valence-electron chi connectivity index (χ0n) is 14.4. The molecule has 5 heteroatoms. The van der Waals surface area contributed by atoms with E-state index < -0.39 is 0 Å². The summed E-state index contributed by atoms with van der Waals surface area (Å²) in [5, 5.41) is 3.04. The summed E-state index contributed by atoms with van der Waals surface area (Å²) >= 11 is 1.75. The molecule has 23 heavy (non-hydrogen) atoms. The van der Waals surface area contributed by atoms with Gasteiger partial charge in [-0.25, -0.2) is 0 Å². The summed E-state index contributed by atoms with van der Waals surface area (Å²) in [6.07, 6.45) is 1.63. The summed E-state index contributed by atoms with van der Waals surface area (Å²) in [5.74, 6) is 1.01. The van der Waals surface area contributed by atoms with Crippen LogP contribution in [0.3, 0.4) is 0 Å². The van der Waals surface area contributed by atoms with Crippen LogP contribution < -0.4 is 5.32 Å². The Hall–Kier alpha value is -1.04. The molecule has 0 spiro atoms. The molecule has 1 fully saturated rings. The summed E-state index contributed by atoms with van der Waals surface area (Å²) < 4.78 is 0. The van der Waals surface area contributed by atoms with Gasteiger partial charge in [0.25, 0.3) is 0 Å². The SMILES string of the molecule is Cc1ccc(SCCC(=O)NCCCN2CCN(C)CC2)cc1. The zero-order valence-corrected chi connectivity index (χ0v) is 15.2. The molecule has 1 aliphatic heterocycles. The third kappa shape index (κ3) is 7.38.